The first-order chi connectivity index (χ1) is 9.99. The molecule has 0 saturated heterocycles. The van der Waals surface area contributed by atoms with Gasteiger partial charge in [-0.2, -0.15) is 0 Å². The van der Waals surface area contributed by atoms with Crippen molar-refractivity contribution in [2.45, 2.75) is 6.29 Å². The number of nitrogens with zero attached hydrogens (tertiary/aromatic N) is 1. The fourth-order valence-corrected chi connectivity index (χ4v) is 1.44. The van der Waals surface area contributed by atoms with Crippen LogP contribution >= 0.6 is 0 Å². The lowest BCUT2D eigenvalue weighted by atomic mass is 10.2. The van der Waals surface area contributed by atoms with Gasteiger partial charge in [0.15, 0.2) is 6.29 Å². The molecule has 0 atom stereocenters. The number of nitro groups is 1. The number of para-hydroxylation sites is 2. The van der Waals surface area contributed by atoms with Gasteiger partial charge in [-0.25, -0.2) is 0 Å². The number of benzene rings is 1. The van der Waals surface area contributed by atoms with Crippen LogP contribution in [0, 0.1) is 10.1 Å². The number of nitro benzene ring substituents is 1. The van der Waals surface area contributed by atoms with E-state index >= 15 is 0 Å². The zero-order valence-corrected chi connectivity index (χ0v) is 11.5. The lowest BCUT2D eigenvalue weighted by Gasteiger charge is -2.13. The van der Waals surface area contributed by atoms with E-state index in [-0.39, 0.29) is 17.9 Å². The number of nitrogens with one attached hydrogen (secondary N) is 2. The summed E-state index contributed by atoms with van der Waals surface area (Å²) in [5.41, 5.74) is -0.358. The summed E-state index contributed by atoms with van der Waals surface area (Å²) in [5.74, 6) is -1.97. The molecule has 0 spiro atoms. The Kier molecular flexibility index (Phi) is 6.24. The summed E-state index contributed by atoms with van der Waals surface area (Å²) in [7, 11) is 2.77. The second-order valence-corrected chi connectivity index (χ2v) is 3.84. The maximum Gasteiger partial charge on any atom is 0.313 e. The number of ether oxygens (including phenoxy) is 2. The Labute approximate surface area is 120 Å². The number of methoxy groups -OCH3 is 2. The summed E-state index contributed by atoms with van der Waals surface area (Å²) >= 11 is 0. The van der Waals surface area contributed by atoms with E-state index in [9.17, 15) is 19.7 Å². The molecule has 0 heterocycles. The van der Waals surface area contributed by atoms with Gasteiger partial charge in [0.2, 0.25) is 0 Å². The van der Waals surface area contributed by atoms with E-state index in [4.69, 9.17) is 9.47 Å². The van der Waals surface area contributed by atoms with Crippen LogP contribution in [-0.4, -0.2) is 43.8 Å². The molecule has 1 aromatic carbocycles. The van der Waals surface area contributed by atoms with Crippen LogP contribution in [0.15, 0.2) is 24.3 Å². The van der Waals surface area contributed by atoms with Crippen LogP contribution in [0.3, 0.4) is 0 Å². The first kappa shape index (κ1) is 16.5. The van der Waals surface area contributed by atoms with Crippen LogP contribution in [0.5, 0.6) is 0 Å². The van der Waals surface area contributed by atoms with E-state index < -0.39 is 23.0 Å². The fraction of sp³-hybridized carbons (Fsp3) is 0.333. The molecule has 0 radical (unpaired) electrons. The van der Waals surface area contributed by atoms with E-state index in [1.807, 2.05) is 0 Å². The maximum atomic E-state index is 11.6. The maximum absolute atomic E-state index is 11.6. The standard InChI is InChI=1S/C12H15N3O6/c1-20-10(21-2)7-13-11(16)12(17)14-8-5-3-4-6-9(8)15(18)19/h3-6,10H,7H2,1-2H3,(H,13,16)(H,14,17). The van der Waals surface area contributed by atoms with Crippen molar-refractivity contribution in [3.8, 4) is 0 Å². The number of hydrogen-bond donors (Lipinski definition) is 2. The molecule has 0 aliphatic carbocycles. The van der Waals surface area contributed by atoms with Crippen molar-refractivity contribution >= 4 is 23.2 Å². The van der Waals surface area contributed by atoms with Crippen molar-refractivity contribution in [3.05, 3.63) is 34.4 Å². The highest BCUT2D eigenvalue weighted by Crippen LogP contribution is 2.22. The third-order valence-electron chi connectivity index (χ3n) is 2.51. The number of hydrogen-bond acceptors (Lipinski definition) is 6. The third-order valence-corrected chi connectivity index (χ3v) is 2.51. The lowest BCUT2D eigenvalue weighted by molar-refractivity contribution is -0.383. The molecule has 0 bridgehead atoms. The Morgan fingerprint density at radius 1 is 1.24 bits per heavy atom. The normalized spacial score (nSPS) is 10.2. The summed E-state index contributed by atoms with van der Waals surface area (Å²) in [6, 6.07) is 5.51. The van der Waals surface area contributed by atoms with Crippen LogP contribution in [-0.2, 0) is 19.1 Å². The minimum Gasteiger partial charge on any atom is -0.354 e. The van der Waals surface area contributed by atoms with Crippen molar-refractivity contribution in [2.75, 3.05) is 26.1 Å². The van der Waals surface area contributed by atoms with Crippen LogP contribution in [0.2, 0.25) is 0 Å². The summed E-state index contributed by atoms with van der Waals surface area (Å²) < 4.78 is 9.68. The molecular formula is C12H15N3O6. The third kappa shape index (κ3) is 4.82. The van der Waals surface area contributed by atoms with Gasteiger partial charge in [0.1, 0.15) is 5.69 Å². The molecule has 2 amide bonds. The van der Waals surface area contributed by atoms with Gasteiger partial charge in [0, 0.05) is 20.3 Å². The molecule has 1 rings (SSSR count). The SMILES string of the molecule is COC(CNC(=O)C(=O)Nc1ccccc1[N+](=O)[O-])OC. The lowest BCUT2D eigenvalue weighted by Crippen LogP contribution is -2.40. The minimum absolute atomic E-state index is 0.0316. The number of rotatable bonds is 6. The van der Waals surface area contributed by atoms with Crippen LogP contribution in [0.25, 0.3) is 0 Å². The van der Waals surface area contributed by atoms with E-state index in [1.165, 1.54) is 38.5 Å². The van der Waals surface area contributed by atoms with Crippen molar-refractivity contribution < 1.29 is 24.0 Å². The Morgan fingerprint density at radius 2 is 1.86 bits per heavy atom. The molecule has 0 saturated carbocycles. The molecule has 0 aromatic heterocycles. The predicted octanol–water partition coefficient (Wildman–Crippen LogP) is 0.268. The molecule has 9 nitrogen and oxygen atoms in total. The minimum atomic E-state index is -1.02. The molecule has 2 N–H and O–H groups in total. The van der Waals surface area contributed by atoms with Gasteiger partial charge < -0.3 is 20.1 Å². The molecule has 1 aromatic rings. The highest BCUT2D eigenvalue weighted by Gasteiger charge is 2.20. The van der Waals surface area contributed by atoms with Crippen molar-refractivity contribution in [3.63, 3.8) is 0 Å². The first-order valence-corrected chi connectivity index (χ1v) is 5.87. The van der Waals surface area contributed by atoms with E-state index in [2.05, 4.69) is 10.6 Å². The number of amides is 2. The Hall–Kier alpha value is -2.52. The highest BCUT2D eigenvalue weighted by molar-refractivity contribution is 6.39. The van der Waals surface area contributed by atoms with Gasteiger partial charge in [-0.05, 0) is 6.07 Å². The largest absolute Gasteiger partial charge is 0.354 e. The van der Waals surface area contributed by atoms with E-state index in [0.29, 0.717) is 0 Å². The van der Waals surface area contributed by atoms with Gasteiger partial charge in [-0.1, -0.05) is 12.1 Å². The van der Waals surface area contributed by atoms with E-state index in [1.54, 1.807) is 0 Å². The van der Waals surface area contributed by atoms with E-state index in [0.717, 1.165) is 0 Å². The second-order valence-electron chi connectivity index (χ2n) is 3.84. The van der Waals surface area contributed by atoms with Crippen molar-refractivity contribution in [2.24, 2.45) is 0 Å². The average molecular weight is 297 g/mol. The fourth-order valence-electron chi connectivity index (χ4n) is 1.44. The van der Waals surface area contributed by atoms with Gasteiger partial charge >= 0.3 is 11.8 Å². The molecule has 0 aliphatic rings. The first-order valence-electron chi connectivity index (χ1n) is 5.87. The van der Waals surface area contributed by atoms with Gasteiger partial charge in [-0.3, -0.25) is 19.7 Å². The van der Waals surface area contributed by atoms with Gasteiger partial charge in [0.25, 0.3) is 5.69 Å². The molecule has 114 valence electrons. The quantitative estimate of drug-likeness (QED) is 0.336. The predicted molar refractivity (Wildman–Crippen MR) is 72.5 cm³/mol. The smallest absolute Gasteiger partial charge is 0.313 e. The molecule has 0 fully saturated rings. The summed E-state index contributed by atoms with van der Waals surface area (Å²) in [6.45, 7) is -0.0316. The second kappa shape index (κ2) is 7.92. The van der Waals surface area contributed by atoms with Crippen molar-refractivity contribution in [1.29, 1.82) is 0 Å². The Bertz CT molecular complexity index is 529. The molecule has 9 heteroatoms. The zero-order valence-electron chi connectivity index (χ0n) is 11.5. The summed E-state index contributed by atoms with van der Waals surface area (Å²) in [4.78, 5) is 33.3. The van der Waals surface area contributed by atoms with Crippen molar-refractivity contribution in [1.82, 2.24) is 5.32 Å². The Balaban J connectivity index is 2.65. The number of anilines is 1. The van der Waals surface area contributed by atoms with Crippen LogP contribution < -0.4 is 10.6 Å². The average Bonchev–Trinajstić information content (AvgIpc) is 2.48. The summed E-state index contributed by atoms with van der Waals surface area (Å²) in [6.07, 6.45) is -0.687. The van der Waals surface area contributed by atoms with Crippen LogP contribution in [0.4, 0.5) is 11.4 Å². The molecule has 21 heavy (non-hydrogen) atoms. The number of carbonyl (C=O) groups excluding carboxylic acids is 2. The number of carbonyl (C=O) groups is 2. The molecular weight excluding hydrogens is 282 g/mol. The van der Waals surface area contributed by atoms with Gasteiger partial charge in [-0.15, -0.1) is 0 Å². The Morgan fingerprint density at radius 3 is 2.43 bits per heavy atom. The topological polar surface area (TPSA) is 120 Å². The zero-order chi connectivity index (χ0) is 15.8. The van der Waals surface area contributed by atoms with Gasteiger partial charge in [0.05, 0.1) is 11.5 Å². The molecule has 0 unspecified atom stereocenters. The highest BCUT2D eigenvalue weighted by atomic mass is 16.7. The monoisotopic (exact) mass is 297 g/mol. The summed E-state index contributed by atoms with van der Waals surface area (Å²) in [5, 5.41) is 15.2. The van der Waals surface area contributed by atoms with Crippen LogP contribution in [0.1, 0.15) is 0 Å². The molecule has 0 aliphatic heterocycles.